The topological polar surface area (TPSA) is 71.0 Å². The van der Waals surface area contributed by atoms with E-state index in [4.69, 9.17) is 0 Å². The standard InChI is InChI=1S/C18H16BrN5OS/c19-13-4-1-2-5-14(13)24-9-6-12(11-24)23-17(25)15-10-22-18(26-15)16-20-7-3-8-21-16/h1-5,7-8,10,12H,6,9,11H2,(H,23,25)/t12-/m1/s1. The first-order chi connectivity index (χ1) is 12.7. The van der Waals surface area contributed by atoms with E-state index in [-0.39, 0.29) is 11.9 Å². The summed E-state index contributed by atoms with van der Waals surface area (Å²) < 4.78 is 1.07. The van der Waals surface area contributed by atoms with E-state index >= 15 is 0 Å². The van der Waals surface area contributed by atoms with Crippen LogP contribution in [0.3, 0.4) is 0 Å². The Bertz CT molecular complexity index is 917. The predicted octanol–water partition coefficient (Wildman–Crippen LogP) is 3.37. The van der Waals surface area contributed by atoms with Crippen LogP contribution in [0.4, 0.5) is 5.69 Å². The summed E-state index contributed by atoms with van der Waals surface area (Å²) in [5.41, 5.74) is 1.16. The molecule has 26 heavy (non-hydrogen) atoms. The summed E-state index contributed by atoms with van der Waals surface area (Å²) in [5.74, 6) is 0.446. The van der Waals surface area contributed by atoms with Gasteiger partial charge in [-0.3, -0.25) is 4.79 Å². The molecule has 2 aromatic heterocycles. The highest BCUT2D eigenvalue weighted by molar-refractivity contribution is 9.10. The molecule has 0 radical (unpaired) electrons. The van der Waals surface area contributed by atoms with Crippen LogP contribution in [0.2, 0.25) is 0 Å². The van der Waals surface area contributed by atoms with Crippen molar-refractivity contribution in [3.63, 3.8) is 0 Å². The van der Waals surface area contributed by atoms with Crippen molar-refractivity contribution in [3.05, 3.63) is 58.3 Å². The molecule has 0 aliphatic carbocycles. The number of hydrogen-bond acceptors (Lipinski definition) is 6. The number of amides is 1. The molecule has 0 saturated carbocycles. The molecule has 1 aromatic carbocycles. The smallest absolute Gasteiger partial charge is 0.263 e. The van der Waals surface area contributed by atoms with Gasteiger partial charge >= 0.3 is 0 Å². The van der Waals surface area contributed by atoms with Gasteiger partial charge in [0.05, 0.1) is 11.9 Å². The molecule has 0 unspecified atom stereocenters. The second-order valence-electron chi connectivity index (χ2n) is 5.96. The first-order valence-electron chi connectivity index (χ1n) is 8.24. The van der Waals surface area contributed by atoms with E-state index in [1.807, 2.05) is 18.2 Å². The molecule has 132 valence electrons. The molecule has 1 atom stereocenters. The highest BCUT2D eigenvalue weighted by Gasteiger charge is 2.26. The zero-order valence-electron chi connectivity index (χ0n) is 13.8. The normalized spacial score (nSPS) is 16.7. The Morgan fingerprint density at radius 2 is 2.00 bits per heavy atom. The molecule has 6 nitrogen and oxygen atoms in total. The van der Waals surface area contributed by atoms with Crippen LogP contribution >= 0.6 is 27.3 Å². The van der Waals surface area contributed by atoms with Crippen molar-refractivity contribution in [1.82, 2.24) is 20.3 Å². The van der Waals surface area contributed by atoms with Crippen LogP contribution < -0.4 is 10.2 Å². The molecule has 1 amide bonds. The van der Waals surface area contributed by atoms with E-state index in [9.17, 15) is 4.79 Å². The Balaban J connectivity index is 1.40. The van der Waals surface area contributed by atoms with Crippen molar-refractivity contribution < 1.29 is 4.79 Å². The van der Waals surface area contributed by atoms with Crippen LogP contribution in [0.5, 0.6) is 0 Å². The summed E-state index contributed by atoms with van der Waals surface area (Å²) in [6.07, 6.45) is 5.84. The largest absolute Gasteiger partial charge is 0.368 e. The minimum absolute atomic E-state index is 0.0938. The van der Waals surface area contributed by atoms with Gasteiger partial charge < -0.3 is 10.2 Å². The molecule has 0 bridgehead atoms. The number of halogens is 1. The predicted molar refractivity (Wildman–Crippen MR) is 105 cm³/mol. The molecule has 4 rings (SSSR count). The summed E-state index contributed by atoms with van der Waals surface area (Å²) in [5, 5.41) is 3.76. The number of thiazole rings is 1. The van der Waals surface area contributed by atoms with Gasteiger partial charge in [-0.1, -0.05) is 12.1 Å². The number of nitrogens with zero attached hydrogens (tertiary/aromatic N) is 4. The van der Waals surface area contributed by atoms with E-state index in [0.29, 0.717) is 15.7 Å². The maximum atomic E-state index is 12.5. The summed E-state index contributed by atoms with van der Waals surface area (Å²) in [7, 11) is 0. The Labute approximate surface area is 163 Å². The van der Waals surface area contributed by atoms with Crippen LogP contribution in [-0.4, -0.2) is 40.0 Å². The highest BCUT2D eigenvalue weighted by Crippen LogP contribution is 2.29. The third-order valence-electron chi connectivity index (χ3n) is 4.20. The minimum Gasteiger partial charge on any atom is -0.368 e. The lowest BCUT2D eigenvalue weighted by Crippen LogP contribution is -2.36. The van der Waals surface area contributed by atoms with E-state index in [1.54, 1.807) is 24.7 Å². The van der Waals surface area contributed by atoms with Gasteiger partial charge in [-0.2, -0.15) is 0 Å². The van der Waals surface area contributed by atoms with Crippen LogP contribution in [0.25, 0.3) is 10.8 Å². The number of rotatable bonds is 4. The third-order valence-corrected chi connectivity index (χ3v) is 5.87. The number of nitrogens with one attached hydrogen (secondary N) is 1. The lowest BCUT2D eigenvalue weighted by atomic mass is 10.2. The molecule has 3 heterocycles. The van der Waals surface area contributed by atoms with Crippen LogP contribution in [-0.2, 0) is 0 Å². The Hall–Kier alpha value is -2.32. The first kappa shape index (κ1) is 17.1. The molecule has 1 saturated heterocycles. The second kappa shape index (κ2) is 7.51. The fourth-order valence-corrected chi connectivity index (χ4v) is 4.26. The fraction of sp³-hybridized carbons (Fsp3) is 0.222. The van der Waals surface area contributed by atoms with Gasteiger partial charge in [0.25, 0.3) is 5.91 Å². The minimum atomic E-state index is -0.0938. The fourth-order valence-electron chi connectivity index (χ4n) is 2.95. The van der Waals surface area contributed by atoms with E-state index in [2.05, 4.69) is 47.2 Å². The number of para-hydroxylation sites is 1. The number of benzene rings is 1. The van der Waals surface area contributed by atoms with Gasteiger partial charge in [-0.15, -0.1) is 11.3 Å². The van der Waals surface area contributed by atoms with Crippen LogP contribution in [0.1, 0.15) is 16.1 Å². The Morgan fingerprint density at radius 3 is 2.81 bits per heavy atom. The van der Waals surface area contributed by atoms with Gasteiger partial charge in [0.15, 0.2) is 10.8 Å². The highest BCUT2D eigenvalue weighted by atomic mass is 79.9. The van der Waals surface area contributed by atoms with E-state index in [0.717, 1.165) is 29.7 Å². The van der Waals surface area contributed by atoms with Crippen LogP contribution in [0.15, 0.2) is 53.4 Å². The third kappa shape index (κ3) is 3.61. The van der Waals surface area contributed by atoms with Crippen LogP contribution in [0, 0.1) is 0 Å². The molecule has 0 spiro atoms. The lowest BCUT2D eigenvalue weighted by molar-refractivity contribution is 0.0944. The maximum absolute atomic E-state index is 12.5. The molecule has 1 fully saturated rings. The van der Waals surface area contributed by atoms with E-state index < -0.39 is 0 Å². The van der Waals surface area contributed by atoms with Gasteiger partial charge in [0.1, 0.15) is 4.88 Å². The molecular formula is C18H16BrN5OS. The first-order valence-corrected chi connectivity index (χ1v) is 9.85. The summed E-state index contributed by atoms with van der Waals surface area (Å²) >= 11 is 4.90. The second-order valence-corrected chi connectivity index (χ2v) is 7.84. The lowest BCUT2D eigenvalue weighted by Gasteiger charge is -2.20. The molecule has 1 aliphatic heterocycles. The number of carbonyl (C=O) groups excluding carboxylic acids is 1. The Kier molecular flexibility index (Phi) is 4.94. The number of carbonyl (C=O) groups is 1. The summed E-state index contributed by atoms with van der Waals surface area (Å²) in [4.78, 5) is 28.0. The van der Waals surface area contributed by atoms with Crippen molar-refractivity contribution in [1.29, 1.82) is 0 Å². The van der Waals surface area contributed by atoms with Crippen molar-refractivity contribution in [3.8, 4) is 10.8 Å². The van der Waals surface area contributed by atoms with Gasteiger partial charge in [-0.05, 0) is 40.5 Å². The quantitative estimate of drug-likeness (QED) is 0.688. The molecular weight excluding hydrogens is 414 g/mol. The van der Waals surface area contributed by atoms with Crippen molar-refractivity contribution in [2.75, 3.05) is 18.0 Å². The van der Waals surface area contributed by atoms with E-state index in [1.165, 1.54) is 11.3 Å². The zero-order valence-corrected chi connectivity index (χ0v) is 16.2. The maximum Gasteiger partial charge on any atom is 0.263 e. The average Bonchev–Trinajstić information content (AvgIpc) is 3.33. The van der Waals surface area contributed by atoms with Crippen molar-refractivity contribution >= 4 is 38.9 Å². The van der Waals surface area contributed by atoms with Crippen molar-refractivity contribution in [2.24, 2.45) is 0 Å². The Morgan fingerprint density at radius 1 is 1.19 bits per heavy atom. The zero-order chi connectivity index (χ0) is 17.9. The summed E-state index contributed by atoms with van der Waals surface area (Å²) in [6, 6.07) is 10.0. The molecule has 3 aromatic rings. The number of anilines is 1. The number of aromatic nitrogens is 3. The molecule has 8 heteroatoms. The molecule has 1 aliphatic rings. The monoisotopic (exact) mass is 429 g/mol. The SMILES string of the molecule is O=C(N[C@@H]1CCN(c2ccccc2Br)C1)c1cnc(-c2ncccn2)s1. The van der Waals surface area contributed by atoms with Crippen molar-refractivity contribution in [2.45, 2.75) is 12.5 Å². The average molecular weight is 430 g/mol. The van der Waals surface area contributed by atoms with Gasteiger partial charge in [0, 0.05) is 36.0 Å². The summed E-state index contributed by atoms with van der Waals surface area (Å²) in [6.45, 7) is 1.71. The molecule has 1 N–H and O–H groups in total. The number of hydrogen-bond donors (Lipinski definition) is 1. The van der Waals surface area contributed by atoms with Gasteiger partial charge in [0.2, 0.25) is 0 Å². The van der Waals surface area contributed by atoms with Gasteiger partial charge in [-0.25, -0.2) is 15.0 Å².